The van der Waals surface area contributed by atoms with Crippen LogP contribution >= 0.6 is 69.6 Å². The minimum atomic E-state index is -2.13. The molecule has 0 aromatic heterocycles. The second kappa shape index (κ2) is 8.73. The van der Waals surface area contributed by atoms with Gasteiger partial charge in [-0.25, -0.2) is 5.01 Å². The maximum Gasteiger partial charge on any atom is 0.273 e. The second-order valence-corrected chi connectivity index (χ2v) is 12.0. The summed E-state index contributed by atoms with van der Waals surface area (Å²) in [6.07, 6.45) is 0. The van der Waals surface area contributed by atoms with Crippen molar-refractivity contribution in [2.75, 3.05) is 0 Å². The van der Waals surface area contributed by atoms with E-state index in [0.717, 1.165) is 11.1 Å². The Kier molecular flexibility index (Phi) is 6.26. The number of hydrogen-bond acceptors (Lipinski definition) is 5. The first-order valence-electron chi connectivity index (χ1n) is 10.6. The van der Waals surface area contributed by atoms with E-state index < -0.39 is 48.6 Å². The summed E-state index contributed by atoms with van der Waals surface area (Å²) in [4.78, 5) is 47.9. The molecule has 4 atom stereocenters. The van der Waals surface area contributed by atoms with Crippen molar-refractivity contribution in [3.05, 3.63) is 85.9 Å². The Balaban J connectivity index is 1.62. The minimum Gasteiger partial charge on any atom is -0.272 e. The summed E-state index contributed by atoms with van der Waals surface area (Å²) >= 11 is 39.3. The number of nitro groups is 1. The van der Waals surface area contributed by atoms with Crippen LogP contribution in [0.15, 0.2) is 64.7 Å². The minimum absolute atomic E-state index is 0.134. The Morgan fingerprint density at radius 2 is 1.46 bits per heavy atom. The van der Waals surface area contributed by atoms with E-state index in [9.17, 15) is 24.5 Å². The standard InChI is InChI=1S/C23H13Cl6N3O5/c24-16-17(25)22(27)15-14(21(16,26)23(22,28)29)19(34)31(20(15)35)30(10-11-5-2-1-3-6-11)18(33)12-7-4-8-13(9-12)32(36)37/h1-9,14-15H,10H2/t14-,15-,21+,22+/m0/s1. The predicted octanol–water partition coefficient (Wildman–Crippen LogP) is 5.60. The number of halogens is 6. The summed E-state index contributed by atoms with van der Waals surface area (Å²) in [6.45, 7) is -0.244. The number of fused-ring (bicyclic) bond motifs is 5. The van der Waals surface area contributed by atoms with Gasteiger partial charge in [-0.15, -0.1) is 23.2 Å². The zero-order valence-electron chi connectivity index (χ0n) is 18.2. The topological polar surface area (TPSA) is 101 Å². The van der Waals surface area contributed by atoms with E-state index in [1.165, 1.54) is 18.2 Å². The van der Waals surface area contributed by atoms with Gasteiger partial charge in [0.25, 0.3) is 23.4 Å². The van der Waals surface area contributed by atoms with Gasteiger partial charge >= 0.3 is 0 Å². The van der Waals surface area contributed by atoms with Gasteiger partial charge in [-0.3, -0.25) is 24.5 Å². The van der Waals surface area contributed by atoms with Gasteiger partial charge in [-0.2, -0.15) is 5.01 Å². The molecule has 2 bridgehead atoms. The molecule has 2 aliphatic carbocycles. The molecule has 1 aliphatic heterocycles. The molecule has 2 aromatic rings. The first kappa shape index (κ1) is 26.5. The van der Waals surface area contributed by atoms with Crippen molar-refractivity contribution in [2.45, 2.75) is 20.6 Å². The zero-order valence-corrected chi connectivity index (χ0v) is 22.7. The van der Waals surface area contributed by atoms with Crippen LogP contribution < -0.4 is 0 Å². The van der Waals surface area contributed by atoms with Crippen LogP contribution in [0.2, 0.25) is 0 Å². The molecule has 5 rings (SSSR count). The molecule has 3 amide bonds. The monoisotopic (exact) mass is 621 g/mol. The molecule has 14 heteroatoms. The highest BCUT2D eigenvalue weighted by molar-refractivity contribution is 6.66. The van der Waals surface area contributed by atoms with Crippen LogP contribution in [0.5, 0.6) is 0 Å². The van der Waals surface area contributed by atoms with E-state index in [1.807, 2.05) is 0 Å². The number of benzene rings is 2. The summed E-state index contributed by atoms with van der Waals surface area (Å²) in [5.41, 5.74) is 0.0715. The van der Waals surface area contributed by atoms with Crippen molar-refractivity contribution >= 4 is 93.0 Å². The Morgan fingerprint density at radius 3 is 1.97 bits per heavy atom. The maximum atomic E-state index is 13.8. The van der Waals surface area contributed by atoms with E-state index in [-0.39, 0.29) is 27.9 Å². The molecule has 0 N–H and O–H groups in total. The van der Waals surface area contributed by atoms with Crippen LogP contribution in [-0.2, 0) is 16.1 Å². The third kappa shape index (κ3) is 3.33. The number of carbonyl (C=O) groups excluding carboxylic acids is 3. The fourth-order valence-electron chi connectivity index (χ4n) is 5.11. The molecule has 0 unspecified atom stereocenters. The molecule has 2 aromatic carbocycles. The summed E-state index contributed by atoms with van der Waals surface area (Å²) in [5.74, 6) is -5.59. The van der Waals surface area contributed by atoms with Gasteiger partial charge in [0.1, 0.15) is 9.75 Å². The number of nitro benzene ring substituents is 1. The van der Waals surface area contributed by atoms with E-state index in [1.54, 1.807) is 30.3 Å². The molecule has 37 heavy (non-hydrogen) atoms. The van der Waals surface area contributed by atoms with Crippen molar-refractivity contribution in [3.8, 4) is 0 Å². The summed E-state index contributed by atoms with van der Waals surface area (Å²) in [5, 5.41) is 12.3. The number of imide groups is 1. The second-order valence-electron chi connectivity index (χ2n) is 8.73. The Morgan fingerprint density at radius 1 is 0.919 bits per heavy atom. The molecule has 2 fully saturated rings. The lowest BCUT2D eigenvalue weighted by molar-refractivity contribution is -0.384. The van der Waals surface area contributed by atoms with Crippen molar-refractivity contribution in [2.24, 2.45) is 11.8 Å². The summed E-state index contributed by atoms with van der Waals surface area (Å²) in [7, 11) is 0. The van der Waals surface area contributed by atoms with Gasteiger partial charge < -0.3 is 0 Å². The van der Waals surface area contributed by atoms with Gasteiger partial charge in [0, 0.05) is 17.7 Å². The number of hydrogen-bond donors (Lipinski definition) is 0. The van der Waals surface area contributed by atoms with Crippen molar-refractivity contribution in [1.29, 1.82) is 0 Å². The number of rotatable bonds is 5. The van der Waals surface area contributed by atoms with Crippen LogP contribution in [0.1, 0.15) is 15.9 Å². The third-order valence-corrected chi connectivity index (χ3v) is 11.1. The van der Waals surface area contributed by atoms with Gasteiger partial charge in [0.05, 0.1) is 33.4 Å². The smallest absolute Gasteiger partial charge is 0.272 e. The first-order valence-corrected chi connectivity index (χ1v) is 12.9. The zero-order chi connectivity index (χ0) is 27.1. The van der Waals surface area contributed by atoms with E-state index in [2.05, 4.69) is 0 Å². The Bertz CT molecular complexity index is 1370. The predicted molar refractivity (Wildman–Crippen MR) is 139 cm³/mol. The largest absolute Gasteiger partial charge is 0.273 e. The number of alkyl halides is 4. The number of hydrazine groups is 1. The van der Waals surface area contributed by atoms with E-state index in [0.29, 0.717) is 10.6 Å². The van der Waals surface area contributed by atoms with Crippen LogP contribution in [0.3, 0.4) is 0 Å². The van der Waals surface area contributed by atoms with Gasteiger partial charge in [-0.1, -0.05) is 82.8 Å². The number of amides is 3. The highest BCUT2D eigenvalue weighted by Crippen LogP contribution is 2.77. The van der Waals surface area contributed by atoms with Crippen LogP contribution in [0.25, 0.3) is 0 Å². The lowest BCUT2D eigenvalue weighted by Crippen LogP contribution is -2.55. The molecular weight excluding hydrogens is 611 g/mol. The van der Waals surface area contributed by atoms with Crippen LogP contribution in [0, 0.1) is 22.0 Å². The highest BCUT2D eigenvalue weighted by atomic mass is 35.5. The van der Waals surface area contributed by atoms with Gasteiger partial charge in [-0.05, 0) is 11.6 Å². The molecule has 1 saturated heterocycles. The van der Waals surface area contributed by atoms with Crippen molar-refractivity contribution in [1.82, 2.24) is 10.0 Å². The number of allylic oxidation sites excluding steroid dienone is 2. The molecular formula is C23H13Cl6N3O5. The van der Waals surface area contributed by atoms with Crippen molar-refractivity contribution < 1.29 is 19.3 Å². The lowest BCUT2D eigenvalue weighted by atomic mass is 9.84. The fourth-order valence-corrected chi connectivity index (χ4v) is 8.04. The maximum absolute atomic E-state index is 13.8. The number of carbonyl (C=O) groups is 3. The number of non-ortho nitro benzene ring substituents is 1. The molecule has 0 spiro atoms. The molecule has 0 radical (unpaired) electrons. The van der Waals surface area contributed by atoms with E-state index in [4.69, 9.17) is 69.6 Å². The average Bonchev–Trinajstić information content (AvgIpc) is 3.26. The molecule has 3 aliphatic rings. The summed E-state index contributed by atoms with van der Waals surface area (Å²) in [6, 6.07) is 13.4. The van der Waals surface area contributed by atoms with Crippen LogP contribution in [-0.4, -0.2) is 46.7 Å². The van der Waals surface area contributed by atoms with Gasteiger partial charge in [0.2, 0.25) is 0 Å². The number of nitrogens with zero attached hydrogens (tertiary/aromatic N) is 3. The summed E-state index contributed by atoms with van der Waals surface area (Å²) < 4.78 is -2.13. The Labute approximate surface area is 239 Å². The molecule has 1 heterocycles. The van der Waals surface area contributed by atoms with Crippen LogP contribution in [0.4, 0.5) is 5.69 Å². The Hall–Kier alpha value is -2.07. The SMILES string of the molecule is O=C(c1cccc([N+](=O)[O-])c1)N(Cc1ccccc1)N1C(=O)[C@@H]2[C@@H](C1=O)[C@@]1(Cl)C(Cl)=C(Cl)[C@@]2(Cl)C1(Cl)Cl. The molecule has 8 nitrogen and oxygen atoms in total. The highest BCUT2D eigenvalue weighted by Gasteiger charge is 2.88. The van der Waals surface area contributed by atoms with Gasteiger partial charge in [0.15, 0.2) is 4.33 Å². The van der Waals surface area contributed by atoms with E-state index >= 15 is 0 Å². The van der Waals surface area contributed by atoms with Crippen molar-refractivity contribution in [3.63, 3.8) is 0 Å². The first-order chi connectivity index (χ1) is 17.3. The lowest BCUT2D eigenvalue weighted by Gasteiger charge is -2.37. The average molecular weight is 624 g/mol. The third-order valence-electron chi connectivity index (χ3n) is 6.84. The fraction of sp³-hybridized carbons (Fsp3) is 0.261. The molecule has 1 saturated carbocycles. The normalized spacial score (nSPS) is 29.6. The molecule has 192 valence electrons. The quantitative estimate of drug-likeness (QED) is 0.187.